The number of aryl methyl sites for hydroxylation is 1. The van der Waals surface area contributed by atoms with Gasteiger partial charge in [0.15, 0.2) is 0 Å². The van der Waals surface area contributed by atoms with E-state index in [1.54, 1.807) is 0 Å². The standard InChI is InChI=1S/C19H26N6OS/c20-14-6-4-5-13(9-14)10-25-11-15(23-24-25)7-2-1-3-8-17-18-16(12-27-17)21-19(26)22-18/h4-6,9,11,16-18H,1-3,7-8,10,12,20H2,(H2,21,22,26)/t16-,17-,18-/m0/s1. The van der Waals surface area contributed by atoms with Gasteiger partial charge in [0, 0.05) is 22.9 Å². The van der Waals surface area contributed by atoms with Crippen LogP contribution in [-0.4, -0.2) is 44.1 Å². The Morgan fingerprint density at radius 1 is 1.26 bits per heavy atom. The predicted octanol–water partition coefficient (Wildman–Crippen LogP) is 2.18. The fourth-order valence-electron chi connectivity index (χ4n) is 3.88. The number of benzene rings is 1. The second kappa shape index (κ2) is 8.21. The Hall–Kier alpha value is -2.22. The number of thioether (sulfide) groups is 1. The molecule has 2 aliphatic heterocycles. The summed E-state index contributed by atoms with van der Waals surface area (Å²) in [5, 5.41) is 15.1. The molecule has 0 saturated carbocycles. The highest BCUT2D eigenvalue weighted by atomic mass is 32.2. The first-order valence-electron chi connectivity index (χ1n) is 9.59. The minimum Gasteiger partial charge on any atom is -0.399 e. The molecule has 2 aromatic rings. The number of hydrogen-bond donors (Lipinski definition) is 3. The summed E-state index contributed by atoms with van der Waals surface area (Å²) in [6.07, 6.45) is 7.63. The number of hydrogen-bond acceptors (Lipinski definition) is 5. The minimum atomic E-state index is -0.00317. The van der Waals surface area contributed by atoms with Gasteiger partial charge in [0.25, 0.3) is 0 Å². The van der Waals surface area contributed by atoms with Crippen molar-refractivity contribution in [1.82, 2.24) is 25.6 Å². The maximum absolute atomic E-state index is 11.4. The molecule has 8 heteroatoms. The third-order valence-electron chi connectivity index (χ3n) is 5.24. The summed E-state index contributed by atoms with van der Waals surface area (Å²) in [6, 6.07) is 8.49. The highest BCUT2D eigenvalue weighted by Crippen LogP contribution is 2.33. The van der Waals surface area contributed by atoms with Crippen LogP contribution in [0.15, 0.2) is 30.5 Å². The average molecular weight is 387 g/mol. The summed E-state index contributed by atoms with van der Waals surface area (Å²) in [5.74, 6) is 1.03. The Morgan fingerprint density at radius 3 is 3.07 bits per heavy atom. The van der Waals surface area contributed by atoms with Gasteiger partial charge in [0.1, 0.15) is 0 Å². The molecule has 2 fully saturated rings. The number of anilines is 1. The van der Waals surface area contributed by atoms with Crippen molar-refractivity contribution in [3.63, 3.8) is 0 Å². The molecule has 4 N–H and O–H groups in total. The van der Waals surface area contributed by atoms with Gasteiger partial charge in [-0.2, -0.15) is 11.8 Å². The Labute approximate surface area is 163 Å². The maximum atomic E-state index is 11.4. The average Bonchev–Trinajstić information content (AvgIpc) is 3.32. The molecule has 1 aromatic carbocycles. The smallest absolute Gasteiger partial charge is 0.315 e. The molecular formula is C19H26N6OS. The van der Waals surface area contributed by atoms with Gasteiger partial charge in [0.2, 0.25) is 0 Å². The highest BCUT2D eigenvalue weighted by molar-refractivity contribution is 8.00. The molecule has 1 aromatic heterocycles. The number of nitrogen functional groups attached to an aromatic ring is 1. The summed E-state index contributed by atoms with van der Waals surface area (Å²) in [6.45, 7) is 0.694. The molecule has 27 heavy (non-hydrogen) atoms. The number of amides is 2. The molecule has 2 saturated heterocycles. The zero-order valence-electron chi connectivity index (χ0n) is 15.3. The van der Waals surface area contributed by atoms with Gasteiger partial charge in [0.05, 0.1) is 24.3 Å². The zero-order valence-corrected chi connectivity index (χ0v) is 16.1. The molecule has 3 heterocycles. The molecule has 144 valence electrons. The molecule has 2 amide bonds. The van der Waals surface area contributed by atoms with Crippen LogP contribution in [0.3, 0.4) is 0 Å². The van der Waals surface area contributed by atoms with Crippen LogP contribution < -0.4 is 16.4 Å². The number of rotatable bonds is 8. The van der Waals surface area contributed by atoms with Crippen molar-refractivity contribution < 1.29 is 4.79 Å². The van der Waals surface area contributed by atoms with Crippen molar-refractivity contribution >= 4 is 23.5 Å². The molecule has 7 nitrogen and oxygen atoms in total. The number of nitrogens with two attached hydrogens (primary N) is 1. The third kappa shape index (κ3) is 4.55. The summed E-state index contributed by atoms with van der Waals surface area (Å²) >= 11 is 1.98. The summed E-state index contributed by atoms with van der Waals surface area (Å²) in [5.41, 5.74) is 8.77. The molecular weight excluding hydrogens is 360 g/mol. The van der Waals surface area contributed by atoms with E-state index in [4.69, 9.17) is 5.73 Å². The lowest BCUT2D eigenvalue weighted by atomic mass is 10.0. The van der Waals surface area contributed by atoms with Crippen molar-refractivity contribution in [2.45, 2.75) is 56.0 Å². The summed E-state index contributed by atoms with van der Waals surface area (Å²) in [7, 11) is 0. The van der Waals surface area contributed by atoms with Crippen LogP contribution >= 0.6 is 11.8 Å². The number of nitrogens with one attached hydrogen (secondary N) is 2. The molecule has 0 radical (unpaired) electrons. The SMILES string of the molecule is Nc1cccc(Cn2cc(CCCCC[C@@H]3SC[C@@H]4NC(=O)N[C@@H]43)nn2)c1. The van der Waals surface area contributed by atoms with Gasteiger partial charge >= 0.3 is 6.03 Å². The normalized spacial score (nSPS) is 23.9. The molecule has 4 rings (SSSR count). The lowest BCUT2D eigenvalue weighted by Gasteiger charge is -2.16. The maximum Gasteiger partial charge on any atom is 0.315 e. The molecule has 3 atom stereocenters. The van der Waals surface area contributed by atoms with Crippen LogP contribution in [0.5, 0.6) is 0 Å². The summed E-state index contributed by atoms with van der Waals surface area (Å²) < 4.78 is 1.87. The van der Waals surface area contributed by atoms with Gasteiger partial charge in [-0.1, -0.05) is 30.2 Å². The van der Waals surface area contributed by atoms with E-state index < -0.39 is 0 Å². The van der Waals surface area contributed by atoms with Crippen molar-refractivity contribution in [2.75, 3.05) is 11.5 Å². The Kier molecular flexibility index (Phi) is 5.52. The topological polar surface area (TPSA) is 97.9 Å². The van der Waals surface area contributed by atoms with Crippen molar-refractivity contribution in [3.05, 3.63) is 41.7 Å². The van der Waals surface area contributed by atoms with E-state index in [-0.39, 0.29) is 6.03 Å². The van der Waals surface area contributed by atoms with E-state index in [1.165, 1.54) is 12.8 Å². The third-order valence-corrected chi connectivity index (χ3v) is 6.75. The van der Waals surface area contributed by atoms with Crippen molar-refractivity contribution in [2.24, 2.45) is 0 Å². The predicted molar refractivity (Wildman–Crippen MR) is 108 cm³/mol. The molecule has 0 bridgehead atoms. The van der Waals surface area contributed by atoms with Gasteiger partial charge in [-0.05, 0) is 37.0 Å². The summed E-state index contributed by atoms with van der Waals surface area (Å²) in [4.78, 5) is 11.4. The quantitative estimate of drug-likeness (QED) is 0.367. The van der Waals surface area contributed by atoms with Crippen LogP contribution in [-0.2, 0) is 13.0 Å². The van der Waals surface area contributed by atoms with Crippen LogP contribution in [0, 0.1) is 0 Å². The van der Waals surface area contributed by atoms with E-state index in [1.807, 2.05) is 46.9 Å². The van der Waals surface area contributed by atoms with Crippen molar-refractivity contribution in [3.8, 4) is 0 Å². The largest absolute Gasteiger partial charge is 0.399 e. The first-order valence-corrected chi connectivity index (χ1v) is 10.6. The number of nitrogens with zero attached hydrogens (tertiary/aromatic N) is 3. The first kappa shape index (κ1) is 18.2. The fourth-order valence-corrected chi connectivity index (χ4v) is 5.42. The van der Waals surface area contributed by atoms with E-state index in [9.17, 15) is 4.79 Å². The molecule has 2 aliphatic rings. The van der Waals surface area contributed by atoms with Crippen LogP contribution in [0.2, 0.25) is 0 Å². The van der Waals surface area contributed by atoms with Gasteiger partial charge in [-0.25, -0.2) is 9.48 Å². The van der Waals surface area contributed by atoms with E-state index in [0.717, 1.165) is 42.0 Å². The van der Waals surface area contributed by atoms with Crippen LogP contribution in [0.4, 0.5) is 10.5 Å². The monoisotopic (exact) mass is 386 g/mol. The van der Waals surface area contributed by atoms with Crippen LogP contribution in [0.1, 0.15) is 36.9 Å². The molecule has 0 spiro atoms. The number of aromatic nitrogens is 3. The van der Waals surface area contributed by atoms with Crippen LogP contribution in [0.25, 0.3) is 0 Å². The Morgan fingerprint density at radius 2 is 2.19 bits per heavy atom. The Bertz CT molecular complexity index is 794. The van der Waals surface area contributed by atoms with Gasteiger partial charge in [-0.15, -0.1) is 5.10 Å². The number of carbonyl (C=O) groups excluding carboxylic acids is 1. The Balaban J connectivity index is 1.16. The number of fused-ring (bicyclic) bond motifs is 1. The van der Waals surface area contributed by atoms with E-state index in [2.05, 4.69) is 20.9 Å². The van der Waals surface area contributed by atoms with E-state index in [0.29, 0.717) is 23.9 Å². The molecule has 0 aliphatic carbocycles. The molecule has 0 unspecified atom stereocenters. The van der Waals surface area contributed by atoms with E-state index >= 15 is 0 Å². The second-order valence-electron chi connectivity index (χ2n) is 7.37. The van der Waals surface area contributed by atoms with Gasteiger partial charge < -0.3 is 16.4 Å². The fraction of sp³-hybridized carbons (Fsp3) is 0.526. The minimum absolute atomic E-state index is 0.00317. The number of urea groups is 1. The lowest BCUT2D eigenvalue weighted by Crippen LogP contribution is -2.36. The zero-order chi connectivity index (χ0) is 18.6. The lowest BCUT2D eigenvalue weighted by molar-refractivity contribution is 0.247. The van der Waals surface area contributed by atoms with Gasteiger partial charge in [-0.3, -0.25) is 0 Å². The van der Waals surface area contributed by atoms with Crippen molar-refractivity contribution in [1.29, 1.82) is 0 Å². The number of carbonyl (C=O) groups is 1. The second-order valence-corrected chi connectivity index (χ2v) is 8.65. The first-order chi connectivity index (χ1) is 13.2. The number of unbranched alkanes of at least 4 members (excludes halogenated alkanes) is 2. The highest BCUT2D eigenvalue weighted by Gasteiger charge is 2.42.